The molecular formula is C26H30O5. The first-order chi connectivity index (χ1) is 14.9. The molecule has 0 unspecified atom stereocenters. The van der Waals surface area contributed by atoms with Crippen molar-refractivity contribution in [3.8, 4) is 11.5 Å². The summed E-state index contributed by atoms with van der Waals surface area (Å²) in [5.74, 6) is 1.99. The third-order valence-electron chi connectivity index (χ3n) is 7.40. The molecule has 1 N–H and O–H groups in total. The number of hydrogen-bond acceptors (Lipinski definition) is 5. The zero-order valence-electron chi connectivity index (χ0n) is 18.4. The van der Waals surface area contributed by atoms with Gasteiger partial charge in [-0.15, -0.1) is 0 Å². The molecule has 1 fully saturated rings. The minimum Gasteiger partial charge on any atom is -0.488 e. The van der Waals surface area contributed by atoms with Crippen LogP contribution in [0.25, 0.3) is 0 Å². The molecule has 1 aromatic carbocycles. The molecule has 0 radical (unpaired) electrons. The third-order valence-corrected chi connectivity index (χ3v) is 7.40. The third kappa shape index (κ3) is 3.55. The van der Waals surface area contributed by atoms with Crippen LogP contribution in [0.2, 0.25) is 0 Å². The first-order valence-corrected chi connectivity index (χ1v) is 11.0. The van der Waals surface area contributed by atoms with E-state index < -0.39 is 0 Å². The summed E-state index contributed by atoms with van der Waals surface area (Å²) in [7, 11) is 0. The molecule has 2 aromatic heterocycles. The first-order valence-electron chi connectivity index (χ1n) is 11.0. The number of ether oxygens (including phenoxy) is 2. The monoisotopic (exact) mass is 422 g/mol. The lowest BCUT2D eigenvalue weighted by Crippen LogP contribution is -2.58. The Kier molecular flexibility index (Phi) is 4.89. The average molecular weight is 423 g/mol. The molecule has 1 aliphatic carbocycles. The van der Waals surface area contributed by atoms with Crippen molar-refractivity contribution in [2.45, 2.75) is 64.8 Å². The zero-order valence-corrected chi connectivity index (χ0v) is 18.4. The Bertz CT molecular complexity index is 1030. The molecule has 3 aromatic rings. The van der Waals surface area contributed by atoms with E-state index in [1.165, 1.54) is 5.56 Å². The molecule has 2 aliphatic rings. The van der Waals surface area contributed by atoms with Gasteiger partial charge in [0, 0.05) is 23.5 Å². The summed E-state index contributed by atoms with van der Waals surface area (Å²) in [6, 6.07) is 8.06. The van der Waals surface area contributed by atoms with Gasteiger partial charge in [-0.05, 0) is 60.9 Å². The number of fused-ring (bicyclic) bond motifs is 2. The molecule has 0 saturated heterocycles. The van der Waals surface area contributed by atoms with Crippen molar-refractivity contribution < 1.29 is 23.4 Å². The van der Waals surface area contributed by atoms with Gasteiger partial charge in [-0.1, -0.05) is 19.9 Å². The van der Waals surface area contributed by atoms with Crippen molar-refractivity contribution in [1.82, 2.24) is 0 Å². The smallest absolute Gasteiger partial charge is 0.130 e. The Hall–Kier alpha value is -2.66. The number of hydrogen-bond donors (Lipinski definition) is 1. The van der Waals surface area contributed by atoms with Gasteiger partial charge in [0.05, 0.1) is 31.2 Å². The lowest BCUT2D eigenvalue weighted by Gasteiger charge is -2.55. The van der Waals surface area contributed by atoms with Crippen molar-refractivity contribution in [2.75, 3.05) is 0 Å². The lowest BCUT2D eigenvalue weighted by molar-refractivity contribution is -0.138. The van der Waals surface area contributed by atoms with E-state index in [1.54, 1.807) is 25.1 Å². The predicted molar refractivity (Wildman–Crippen MR) is 116 cm³/mol. The van der Waals surface area contributed by atoms with Gasteiger partial charge in [0.1, 0.15) is 23.7 Å². The molecular weight excluding hydrogens is 392 g/mol. The summed E-state index contributed by atoms with van der Waals surface area (Å²) in [6.07, 6.45) is 9.66. The highest BCUT2D eigenvalue weighted by atomic mass is 16.5. The Balaban J connectivity index is 1.54. The fraction of sp³-hybridized carbons (Fsp3) is 0.462. The van der Waals surface area contributed by atoms with Crippen molar-refractivity contribution in [2.24, 2.45) is 11.3 Å². The fourth-order valence-electron chi connectivity index (χ4n) is 5.42. The summed E-state index contributed by atoms with van der Waals surface area (Å²) in [5.41, 5.74) is 3.78. The van der Waals surface area contributed by atoms with Gasteiger partial charge in [-0.2, -0.15) is 0 Å². The number of furan rings is 2. The fourth-order valence-corrected chi connectivity index (χ4v) is 5.42. The molecule has 0 bridgehead atoms. The SMILES string of the molecule is CC1(C)[C@H](O)CC[C@@]2(C)Oc3c(ccc(OCc4ccoc4)c3Cc3ccoc3)C[C@H]12. The van der Waals surface area contributed by atoms with E-state index >= 15 is 0 Å². The van der Waals surface area contributed by atoms with E-state index in [0.717, 1.165) is 47.5 Å². The highest BCUT2D eigenvalue weighted by Gasteiger charge is 2.54. The standard InChI is InChI=1S/C26H30O5/c1-25(2)22-13-19-4-5-21(30-16-18-8-11-29-15-18)20(12-17-7-10-28-14-17)24(19)31-26(22,3)9-6-23(25)27/h4-5,7-8,10-11,14-15,22-23,27H,6,9,12-13,16H2,1-3H3/t22-,23-,26-/m1/s1. The number of aliphatic hydroxyl groups excluding tert-OH is 1. The first kappa shape index (κ1) is 20.3. The van der Waals surface area contributed by atoms with Gasteiger partial charge in [0.2, 0.25) is 0 Å². The second-order valence-electron chi connectivity index (χ2n) is 9.81. The minimum atomic E-state index is -0.315. The van der Waals surface area contributed by atoms with E-state index in [4.69, 9.17) is 18.3 Å². The van der Waals surface area contributed by atoms with Crippen LogP contribution in [-0.2, 0) is 19.4 Å². The lowest BCUT2D eigenvalue weighted by atomic mass is 9.57. The Morgan fingerprint density at radius 2 is 1.77 bits per heavy atom. The van der Waals surface area contributed by atoms with Crippen molar-refractivity contribution in [3.63, 3.8) is 0 Å². The molecule has 164 valence electrons. The van der Waals surface area contributed by atoms with E-state index in [9.17, 15) is 5.11 Å². The van der Waals surface area contributed by atoms with Gasteiger partial charge in [0.15, 0.2) is 0 Å². The molecule has 3 atom stereocenters. The maximum absolute atomic E-state index is 10.7. The minimum absolute atomic E-state index is 0.203. The van der Waals surface area contributed by atoms with Gasteiger partial charge < -0.3 is 23.4 Å². The molecule has 3 heterocycles. The maximum atomic E-state index is 10.7. The van der Waals surface area contributed by atoms with Crippen LogP contribution in [-0.4, -0.2) is 16.8 Å². The molecule has 5 rings (SSSR count). The van der Waals surface area contributed by atoms with Crippen molar-refractivity contribution >= 4 is 0 Å². The van der Waals surface area contributed by atoms with E-state index in [-0.39, 0.29) is 23.0 Å². The van der Waals surface area contributed by atoms with Crippen LogP contribution in [0.1, 0.15) is 55.9 Å². The molecule has 5 nitrogen and oxygen atoms in total. The van der Waals surface area contributed by atoms with E-state index in [1.807, 2.05) is 18.2 Å². The zero-order chi connectivity index (χ0) is 21.6. The molecule has 5 heteroatoms. The Morgan fingerprint density at radius 1 is 1.03 bits per heavy atom. The number of rotatable bonds is 5. The normalized spacial score (nSPS) is 26.6. The molecule has 1 saturated carbocycles. The van der Waals surface area contributed by atoms with Gasteiger partial charge in [-0.25, -0.2) is 0 Å². The quantitative estimate of drug-likeness (QED) is 0.585. The van der Waals surface area contributed by atoms with Gasteiger partial charge in [0.25, 0.3) is 0 Å². The number of benzene rings is 1. The van der Waals surface area contributed by atoms with Crippen molar-refractivity contribution in [3.05, 3.63) is 71.6 Å². The van der Waals surface area contributed by atoms with E-state index in [2.05, 4.69) is 26.8 Å². The van der Waals surface area contributed by atoms with Crippen LogP contribution in [0.4, 0.5) is 0 Å². The highest BCUT2D eigenvalue weighted by molar-refractivity contribution is 5.54. The largest absolute Gasteiger partial charge is 0.488 e. The number of aliphatic hydroxyl groups is 1. The van der Waals surface area contributed by atoms with Crippen LogP contribution < -0.4 is 9.47 Å². The maximum Gasteiger partial charge on any atom is 0.130 e. The molecule has 0 spiro atoms. The molecule has 31 heavy (non-hydrogen) atoms. The summed E-state index contributed by atoms with van der Waals surface area (Å²) in [6.45, 7) is 6.98. The van der Waals surface area contributed by atoms with Gasteiger partial charge >= 0.3 is 0 Å². The summed E-state index contributed by atoms with van der Waals surface area (Å²) < 4.78 is 23.5. The second-order valence-corrected chi connectivity index (χ2v) is 9.81. The Morgan fingerprint density at radius 3 is 2.48 bits per heavy atom. The Labute approximate surface area is 183 Å². The second kappa shape index (κ2) is 7.49. The summed E-state index contributed by atoms with van der Waals surface area (Å²) in [5, 5.41) is 10.7. The van der Waals surface area contributed by atoms with Gasteiger partial charge in [-0.3, -0.25) is 0 Å². The van der Waals surface area contributed by atoms with Crippen molar-refractivity contribution in [1.29, 1.82) is 0 Å². The van der Waals surface area contributed by atoms with Crippen LogP contribution in [0.15, 0.2) is 58.2 Å². The topological polar surface area (TPSA) is 65.0 Å². The van der Waals surface area contributed by atoms with Crippen LogP contribution in [0, 0.1) is 11.3 Å². The summed E-state index contributed by atoms with van der Waals surface area (Å²) in [4.78, 5) is 0. The van der Waals surface area contributed by atoms with Crippen LogP contribution >= 0.6 is 0 Å². The highest BCUT2D eigenvalue weighted by Crippen LogP contribution is 2.54. The summed E-state index contributed by atoms with van der Waals surface area (Å²) >= 11 is 0. The molecule has 1 aliphatic heterocycles. The predicted octanol–water partition coefficient (Wildman–Crippen LogP) is 5.53. The van der Waals surface area contributed by atoms with E-state index in [0.29, 0.717) is 13.0 Å². The average Bonchev–Trinajstić information content (AvgIpc) is 3.44. The molecule has 0 amide bonds. The van der Waals surface area contributed by atoms with Crippen LogP contribution in [0.5, 0.6) is 11.5 Å². The van der Waals surface area contributed by atoms with Crippen LogP contribution in [0.3, 0.4) is 0 Å².